The molecule has 1 aromatic heterocycles. The molecule has 0 saturated heterocycles. The molecule has 0 amide bonds. The zero-order valence-corrected chi connectivity index (χ0v) is 6.17. The third kappa shape index (κ3) is 1.30. The van der Waals surface area contributed by atoms with E-state index in [2.05, 4.69) is 0 Å². The minimum Gasteiger partial charge on any atom is -0.495 e. The number of methoxy groups -OCH3 is 1. The second-order valence-corrected chi connectivity index (χ2v) is 2.15. The first-order valence-corrected chi connectivity index (χ1v) is 3.06. The lowest BCUT2D eigenvalue weighted by molar-refractivity contribution is -0.904. The Hall–Kier alpha value is -0.960. The van der Waals surface area contributed by atoms with Gasteiger partial charge in [-0.3, -0.25) is 5.21 Å². The molecule has 0 atom stereocenters. The van der Waals surface area contributed by atoms with Crippen LogP contribution >= 0.6 is 11.6 Å². The monoisotopic (exact) mass is 160 g/mol. The molecular formula is C6H7ClNO2+. The van der Waals surface area contributed by atoms with Gasteiger partial charge >= 0.3 is 0 Å². The van der Waals surface area contributed by atoms with E-state index in [0.29, 0.717) is 10.8 Å². The summed E-state index contributed by atoms with van der Waals surface area (Å²) in [6, 6.07) is 1.57. The van der Waals surface area contributed by atoms with Crippen LogP contribution < -0.4 is 9.47 Å². The smallest absolute Gasteiger partial charge is 0.244 e. The Morgan fingerprint density at radius 2 is 2.40 bits per heavy atom. The molecular weight excluding hydrogens is 154 g/mol. The zero-order chi connectivity index (χ0) is 7.56. The van der Waals surface area contributed by atoms with Crippen LogP contribution in [0.2, 0.25) is 5.02 Å². The molecule has 0 radical (unpaired) electrons. The summed E-state index contributed by atoms with van der Waals surface area (Å²) in [5.41, 5.74) is 0. The summed E-state index contributed by atoms with van der Waals surface area (Å²) >= 11 is 5.62. The van der Waals surface area contributed by atoms with Crippen molar-refractivity contribution in [2.45, 2.75) is 0 Å². The van der Waals surface area contributed by atoms with Gasteiger partial charge in [0.1, 0.15) is 5.75 Å². The number of ether oxygens (including phenoxy) is 1. The highest BCUT2D eigenvalue weighted by Crippen LogP contribution is 2.19. The van der Waals surface area contributed by atoms with Crippen LogP contribution in [-0.4, -0.2) is 12.3 Å². The van der Waals surface area contributed by atoms with Crippen molar-refractivity contribution in [2.24, 2.45) is 0 Å². The molecule has 1 heterocycles. The Morgan fingerprint density at radius 1 is 1.70 bits per heavy atom. The Kier molecular flexibility index (Phi) is 1.97. The summed E-state index contributed by atoms with van der Waals surface area (Å²) in [6.45, 7) is 0. The fraction of sp³-hybridized carbons (Fsp3) is 0.167. The summed E-state index contributed by atoms with van der Waals surface area (Å²) < 4.78 is 5.71. The van der Waals surface area contributed by atoms with E-state index < -0.39 is 0 Å². The van der Waals surface area contributed by atoms with Crippen LogP contribution in [0.15, 0.2) is 18.5 Å². The molecule has 0 saturated carbocycles. The van der Waals surface area contributed by atoms with Crippen LogP contribution in [0.3, 0.4) is 0 Å². The van der Waals surface area contributed by atoms with E-state index in [0.717, 1.165) is 4.73 Å². The van der Waals surface area contributed by atoms with Gasteiger partial charge in [0.25, 0.3) is 0 Å². The quantitative estimate of drug-likeness (QED) is 0.489. The maximum absolute atomic E-state index is 8.81. The van der Waals surface area contributed by atoms with Crippen molar-refractivity contribution in [3.05, 3.63) is 23.5 Å². The number of pyridine rings is 1. The Morgan fingerprint density at radius 3 is 2.90 bits per heavy atom. The summed E-state index contributed by atoms with van der Waals surface area (Å²) in [5.74, 6) is 0.548. The molecule has 0 aromatic carbocycles. The van der Waals surface area contributed by atoms with Gasteiger partial charge in [-0.15, -0.1) is 0 Å². The molecule has 0 fully saturated rings. The van der Waals surface area contributed by atoms with Crippen LogP contribution in [-0.2, 0) is 0 Å². The van der Waals surface area contributed by atoms with E-state index in [4.69, 9.17) is 21.5 Å². The molecule has 4 heteroatoms. The van der Waals surface area contributed by atoms with Crippen molar-refractivity contribution in [1.82, 2.24) is 0 Å². The highest BCUT2D eigenvalue weighted by Gasteiger charge is 2.05. The molecule has 0 spiro atoms. The van der Waals surface area contributed by atoms with Crippen LogP contribution in [0.25, 0.3) is 0 Å². The second kappa shape index (κ2) is 2.75. The van der Waals surface area contributed by atoms with Gasteiger partial charge in [-0.25, -0.2) is 0 Å². The first-order valence-electron chi connectivity index (χ1n) is 2.68. The highest BCUT2D eigenvalue weighted by atomic mass is 35.5. The van der Waals surface area contributed by atoms with Crippen LogP contribution in [0.1, 0.15) is 0 Å². The Labute approximate surface area is 63.4 Å². The van der Waals surface area contributed by atoms with E-state index >= 15 is 0 Å². The normalized spacial score (nSPS) is 9.40. The minimum absolute atomic E-state index is 0.382. The molecule has 0 aliphatic heterocycles. The molecule has 1 rings (SSSR count). The molecule has 0 aliphatic carbocycles. The van der Waals surface area contributed by atoms with Crippen molar-refractivity contribution >= 4 is 11.6 Å². The van der Waals surface area contributed by atoms with E-state index in [1.165, 1.54) is 19.5 Å². The Bertz CT molecular complexity index is 239. The number of aromatic nitrogens is 1. The minimum atomic E-state index is 0.382. The SMILES string of the molecule is COc1cc[n+](O)cc1Cl. The standard InChI is InChI=1S/C6H7ClNO2/c1-10-6-2-3-8(9)4-5(6)7/h2-4,9H,1H3/q+1. The third-order valence-corrected chi connectivity index (χ3v) is 1.36. The van der Waals surface area contributed by atoms with Gasteiger partial charge in [-0.05, 0) is 0 Å². The highest BCUT2D eigenvalue weighted by molar-refractivity contribution is 6.31. The molecule has 0 bridgehead atoms. The third-order valence-electron chi connectivity index (χ3n) is 1.08. The number of hydrogen-bond acceptors (Lipinski definition) is 2. The maximum Gasteiger partial charge on any atom is 0.244 e. The van der Waals surface area contributed by atoms with Crippen LogP contribution in [0, 0.1) is 0 Å². The molecule has 1 N–H and O–H groups in total. The maximum atomic E-state index is 8.81. The van der Waals surface area contributed by atoms with Gasteiger partial charge in [-0.2, -0.15) is 0 Å². The Balaban J connectivity index is 3.07. The summed E-state index contributed by atoms with van der Waals surface area (Å²) in [6.07, 6.45) is 2.78. The van der Waals surface area contributed by atoms with E-state index in [1.54, 1.807) is 6.07 Å². The first kappa shape index (κ1) is 7.15. The van der Waals surface area contributed by atoms with E-state index in [-0.39, 0.29) is 0 Å². The molecule has 10 heavy (non-hydrogen) atoms. The fourth-order valence-electron chi connectivity index (χ4n) is 0.612. The topological polar surface area (TPSA) is 33.3 Å². The van der Waals surface area contributed by atoms with Gasteiger partial charge in [0.2, 0.25) is 12.4 Å². The predicted octanol–water partition coefficient (Wildman–Crippen LogP) is 0.873. The molecule has 3 nitrogen and oxygen atoms in total. The van der Waals surface area contributed by atoms with E-state index in [9.17, 15) is 0 Å². The lowest BCUT2D eigenvalue weighted by Crippen LogP contribution is -2.28. The molecule has 1 aromatic rings. The van der Waals surface area contributed by atoms with Crippen LogP contribution in [0.5, 0.6) is 5.75 Å². The predicted molar refractivity (Wildman–Crippen MR) is 35.4 cm³/mol. The van der Waals surface area contributed by atoms with Gasteiger partial charge in [-0.1, -0.05) is 11.6 Å². The summed E-state index contributed by atoms with van der Waals surface area (Å²) in [7, 11) is 1.52. The fourth-order valence-corrected chi connectivity index (χ4v) is 0.852. The van der Waals surface area contributed by atoms with Gasteiger partial charge in [0, 0.05) is 4.73 Å². The number of nitrogens with zero attached hydrogens (tertiary/aromatic N) is 1. The van der Waals surface area contributed by atoms with Crippen molar-refractivity contribution in [1.29, 1.82) is 0 Å². The molecule has 0 unspecified atom stereocenters. The lowest BCUT2D eigenvalue weighted by Gasteiger charge is -1.96. The average molecular weight is 161 g/mol. The van der Waals surface area contributed by atoms with E-state index in [1.807, 2.05) is 0 Å². The van der Waals surface area contributed by atoms with Crippen molar-refractivity contribution in [2.75, 3.05) is 7.11 Å². The van der Waals surface area contributed by atoms with Gasteiger partial charge in [0.15, 0.2) is 5.02 Å². The molecule has 0 aliphatic rings. The average Bonchev–Trinajstić information content (AvgIpc) is 1.88. The summed E-state index contributed by atoms with van der Waals surface area (Å²) in [5, 5.41) is 9.19. The number of hydrogen-bond donors (Lipinski definition) is 1. The lowest BCUT2D eigenvalue weighted by atomic mass is 10.4. The first-order chi connectivity index (χ1) is 4.74. The molecule has 54 valence electrons. The van der Waals surface area contributed by atoms with Gasteiger partial charge in [0.05, 0.1) is 13.2 Å². The summed E-state index contributed by atoms with van der Waals surface area (Å²) in [4.78, 5) is 0. The van der Waals surface area contributed by atoms with Crippen LogP contribution in [0.4, 0.5) is 0 Å². The number of halogens is 1. The van der Waals surface area contributed by atoms with Crippen molar-refractivity contribution in [3.8, 4) is 5.75 Å². The largest absolute Gasteiger partial charge is 0.495 e. The van der Waals surface area contributed by atoms with Crippen molar-refractivity contribution < 1.29 is 14.7 Å². The van der Waals surface area contributed by atoms with Crippen molar-refractivity contribution in [3.63, 3.8) is 0 Å². The van der Waals surface area contributed by atoms with Gasteiger partial charge < -0.3 is 4.74 Å². The number of rotatable bonds is 1. The zero-order valence-electron chi connectivity index (χ0n) is 5.41. The second-order valence-electron chi connectivity index (χ2n) is 1.74.